The van der Waals surface area contributed by atoms with E-state index in [4.69, 9.17) is 0 Å². The SMILES string of the molecule is CC.CN(C)/C=N/c1sc2c(c1C#N)C(C)(CO)CCC2.Cc1c(/N=C/N(C)C)sc2c1C(CO)CCC2. The Balaban J connectivity index is 0.000000252. The molecule has 2 atom stereocenters. The fourth-order valence-electron chi connectivity index (χ4n) is 4.98. The summed E-state index contributed by atoms with van der Waals surface area (Å²) in [6.45, 7) is 8.52. The van der Waals surface area contributed by atoms with Gasteiger partial charge in [-0.2, -0.15) is 5.26 Å². The molecule has 38 heavy (non-hydrogen) atoms. The highest BCUT2D eigenvalue weighted by molar-refractivity contribution is 7.16. The number of aryl methyl sites for hydroxylation is 2. The minimum absolute atomic E-state index is 0.0856. The number of nitrogens with zero attached hydrogens (tertiary/aromatic N) is 5. The molecule has 7 nitrogen and oxygen atoms in total. The van der Waals surface area contributed by atoms with Gasteiger partial charge < -0.3 is 20.0 Å². The minimum Gasteiger partial charge on any atom is -0.396 e. The molecule has 0 saturated heterocycles. The molecule has 0 aromatic carbocycles. The van der Waals surface area contributed by atoms with Gasteiger partial charge in [0.15, 0.2) is 0 Å². The molecule has 2 unspecified atom stereocenters. The Morgan fingerprint density at radius 2 is 1.58 bits per heavy atom. The van der Waals surface area contributed by atoms with Crippen LogP contribution in [0.1, 0.15) is 84.4 Å². The van der Waals surface area contributed by atoms with Gasteiger partial charge in [0, 0.05) is 55.9 Å². The van der Waals surface area contributed by atoms with Crippen LogP contribution in [0, 0.1) is 18.3 Å². The highest BCUT2D eigenvalue weighted by Gasteiger charge is 2.37. The molecule has 2 aromatic rings. The van der Waals surface area contributed by atoms with E-state index in [0.717, 1.165) is 47.7 Å². The summed E-state index contributed by atoms with van der Waals surface area (Å²) in [5, 5.41) is 30.5. The molecule has 0 amide bonds. The van der Waals surface area contributed by atoms with Gasteiger partial charge in [-0.1, -0.05) is 20.8 Å². The van der Waals surface area contributed by atoms with Gasteiger partial charge in [0.05, 0.1) is 24.8 Å². The highest BCUT2D eigenvalue weighted by Crippen LogP contribution is 2.47. The molecular formula is C29H45N5O2S2. The molecule has 4 rings (SSSR count). The van der Waals surface area contributed by atoms with Gasteiger partial charge >= 0.3 is 0 Å². The normalized spacial score (nSPS) is 20.1. The van der Waals surface area contributed by atoms with E-state index in [1.54, 1.807) is 29.0 Å². The predicted molar refractivity (Wildman–Crippen MR) is 163 cm³/mol. The van der Waals surface area contributed by atoms with Crippen molar-refractivity contribution in [1.29, 1.82) is 5.26 Å². The van der Waals surface area contributed by atoms with Crippen LogP contribution in [-0.4, -0.2) is 74.1 Å². The Labute approximate surface area is 237 Å². The second kappa shape index (κ2) is 14.8. The van der Waals surface area contributed by atoms with Crippen LogP contribution >= 0.6 is 22.7 Å². The van der Waals surface area contributed by atoms with Crippen molar-refractivity contribution in [1.82, 2.24) is 9.80 Å². The molecule has 2 aliphatic rings. The second-order valence-electron chi connectivity index (χ2n) is 10.3. The number of fused-ring (bicyclic) bond motifs is 2. The molecule has 0 spiro atoms. The van der Waals surface area contributed by atoms with Crippen molar-refractivity contribution >= 4 is 45.4 Å². The average molecular weight is 560 g/mol. The standard InChI is InChI=1S/C14H19N3OS.C13H20N2OS.C2H6/c1-14(8-18)6-4-5-11-12(14)10(7-15)13(19-11)16-9-17(2)3;1-9-12-10(7-16)5-4-6-11(12)17-13(9)14-8-15(2)3;1-2/h9,18H,4-6,8H2,1-3H3;8,10,16H,4-7H2,1-3H3;1-2H3/b16-9+;14-8+;. The zero-order valence-corrected chi connectivity index (χ0v) is 26.0. The lowest BCUT2D eigenvalue weighted by Crippen LogP contribution is -2.31. The highest BCUT2D eigenvalue weighted by atomic mass is 32.1. The minimum atomic E-state index is -0.291. The monoisotopic (exact) mass is 559 g/mol. The van der Waals surface area contributed by atoms with Crippen LogP contribution in [0.15, 0.2) is 9.98 Å². The maximum Gasteiger partial charge on any atom is 0.136 e. The van der Waals surface area contributed by atoms with E-state index >= 15 is 0 Å². The molecule has 2 heterocycles. The molecule has 210 valence electrons. The third-order valence-electron chi connectivity index (χ3n) is 6.80. The summed E-state index contributed by atoms with van der Waals surface area (Å²) in [6, 6.07) is 2.28. The topological polar surface area (TPSA) is 95.5 Å². The Morgan fingerprint density at radius 3 is 2.13 bits per heavy atom. The lowest BCUT2D eigenvalue weighted by molar-refractivity contribution is 0.189. The second-order valence-corrected chi connectivity index (χ2v) is 12.5. The Hall–Kier alpha value is -2.25. The quantitative estimate of drug-likeness (QED) is 0.327. The summed E-state index contributed by atoms with van der Waals surface area (Å²) in [5.41, 5.74) is 4.02. The van der Waals surface area contributed by atoms with E-state index in [1.165, 1.54) is 27.3 Å². The maximum absolute atomic E-state index is 9.69. The van der Waals surface area contributed by atoms with Crippen LogP contribution in [0.25, 0.3) is 0 Å². The number of aliphatic hydroxyl groups excluding tert-OH is 2. The molecule has 0 radical (unpaired) electrons. The zero-order valence-electron chi connectivity index (χ0n) is 24.3. The van der Waals surface area contributed by atoms with Gasteiger partial charge in [0.25, 0.3) is 0 Å². The molecule has 0 fully saturated rings. The smallest absolute Gasteiger partial charge is 0.136 e. The predicted octanol–water partition coefficient (Wildman–Crippen LogP) is 6.14. The molecule has 0 aliphatic heterocycles. The van der Waals surface area contributed by atoms with Crippen LogP contribution in [0.4, 0.5) is 10.0 Å². The fourth-order valence-corrected chi connectivity index (χ4v) is 7.54. The van der Waals surface area contributed by atoms with Crippen LogP contribution < -0.4 is 0 Å². The average Bonchev–Trinajstić information content (AvgIpc) is 3.45. The van der Waals surface area contributed by atoms with Gasteiger partial charge in [-0.3, -0.25) is 0 Å². The van der Waals surface area contributed by atoms with E-state index in [-0.39, 0.29) is 18.6 Å². The van der Waals surface area contributed by atoms with Crippen molar-refractivity contribution in [3.63, 3.8) is 0 Å². The van der Waals surface area contributed by atoms with Gasteiger partial charge in [-0.05, 0) is 62.1 Å². The van der Waals surface area contributed by atoms with E-state index in [2.05, 4.69) is 23.0 Å². The zero-order chi connectivity index (χ0) is 28.5. The first-order valence-corrected chi connectivity index (χ1v) is 15.1. The lowest BCUT2D eigenvalue weighted by atomic mass is 9.73. The first-order chi connectivity index (χ1) is 18.1. The summed E-state index contributed by atoms with van der Waals surface area (Å²) in [5.74, 6) is 0.332. The van der Waals surface area contributed by atoms with Crippen LogP contribution in [0.2, 0.25) is 0 Å². The van der Waals surface area contributed by atoms with Crippen molar-refractivity contribution in [2.75, 3.05) is 41.4 Å². The summed E-state index contributed by atoms with van der Waals surface area (Å²) in [6.07, 6.45) is 9.99. The van der Waals surface area contributed by atoms with Crippen molar-refractivity contribution in [2.24, 2.45) is 9.98 Å². The van der Waals surface area contributed by atoms with Crippen LogP contribution in [0.5, 0.6) is 0 Å². The number of aliphatic hydroxyl groups is 2. The van der Waals surface area contributed by atoms with Gasteiger partial charge in [0.2, 0.25) is 0 Å². The fraction of sp³-hybridized carbons (Fsp3) is 0.621. The number of hydrogen-bond acceptors (Lipinski definition) is 7. The Bertz CT molecular complexity index is 1140. The van der Waals surface area contributed by atoms with Gasteiger partial charge in [-0.25, -0.2) is 9.98 Å². The van der Waals surface area contributed by atoms with Gasteiger partial charge in [-0.15, -0.1) is 22.7 Å². The van der Waals surface area contributed by atoms with Crippen molar-refractivity contribution < 1.29 is 10.2 Å². The molecule has 2 N–H and O–H groups in total. The van der Waals surface area contributed by atoms with Crippen LogP contribution in [-0.2, 0) is 18.3 Å². The number of nitriles is 1. The van der Waals surface area contributed by atoms with Gasteiger partial charge in [0.1, 0.15) is 16.1 Å². The van der Waals surface area contributed by atoms with Crippen molar-refractivity contribution in [2.45, 2.75) is 77.6 Å². The molecular weight excluding hydrogens is 514 g/mol. The molecule has 2 aliphatic carbocycles. The Kier molecular flexibility index (Phi) is 12.4. The van der Waals surface area contributed by atoms with E-state index < -0.39 is 0 Å². The number of thiophene rings is 2. The lowest BCUT2D eigenvalue weighted by Gasteiger charge is -2.32. The van der Waals surface area contributed by atoms with E-state index in [9.17, 15) is 15.5 Å². The Morgan fingerprint density at radius 1 is 1.00 bits per heavy atom. The van der Waals surface area contributed by atoms with Crippen LogP contribution in [0.3, 0.4) is 0 Å². The summed E-state index contributed by atoms with van der Waals surface area (Å²) >= 11 is 3.38. The van der Waals surface area contributed by atoms with E-state index in [1.807, 2.05) is 65.1 Å². The maximum atomic E-state index is 9.69. The summed E-state index contributed by atoms with van der Waals surface area (Å²) in [7, 11) is 7.76. The number of rotatable bonds is 6. The molecule has 2 aromatic heterocycles. The largest absolute Gasteiger partial charge is 0.396 e. The van der Waals surface area contributed by atoms with Crippen molar-refractivity contribution in [3.8, 4) is 6.07 Å². The summed E-state index contributed by atoms with van der Waals surface area (Å²) < 4.78 is 0. The summed E-state index contributed by atoms with van der Waals surface area (Å²) in [4.78, 5) is 15.4. The first-order valence-electron chi connectivity index (χ1n) is 13.5. The van der Waals surface area contributed by atoms with Crippen molar-refractivity contribution in [3.05, 3.63) is 32.0 Å². The first kappa shape index (κ1) is 32.0. The third kappa shape index (κ3) is 7.44. The van der Waals surface area contributed by atoms with E-state index in [0.29, 0.717) is 11.5 Å². The molecule has 0 bridgehead atoms. The molecule has 9 heteroatoms. The molecule has 0 saturated carbocycles. The number of hydrogen-bond donors (Lipinski definition) is 2. The number of aliphatic imine (C=N–C) groups is 2. The third-order valence-corrected chi connectivity index (χ3v) is 9.23.